The van der Waals surface area contributed by atoms with E-state index in [0.29, 0.717) is 16.3 Å². The van der Waals surface area contributed by atoms with Gasteiger partial charge in [0.15, 0.2) is 5.01 Å². The van der Waals surface area contributed by atoms with E-state index in [1.165, 1.54) is 24.5 Å². The molecule has 0 radical (unpaired) electrons. The molecule has 0 aliphatic heterocycles. The molecule has 0 atom stereocenters. The van der Waals surface area contributed by atoms with E-state index >= 15 is 0 Å². The molecule has 108 valence electrons. The van der Waals surface area contributed by atoms with Crippen molar-refractivity contribution in [3.8, 4) is 16.3 Å². The molecule has 0 saturated carbocycles. The van der Waals surface area contributed by atoms with Gasteiger partial charge in [-0.05, 0) is 25.1 Å². The molecule has 6 heteroatoms. The van der Waals surface area contributed by atoms with Crippen LogP contribution in [0.15, 0.2) is 18.2 Å². The second kappa shape index (κ2) is 7.31. The molecule has 0 saturated heterocycles. The van der Waals surface area contributed by atoms with Gasteiger partial charge in [-0.15, -0.1) is 10.2 Å². The molecule has 0 fully saturated rings. The van der Waals surface area contributed by atoms with Crippen LogP contribution >= 0.6 is 11.3 Å². The molecular formula is C14H18FN3OS. The predicted octanol–water partition coefficient (Wildman–Crippen LogP) is 2.89. The van der Waals surface area contributed by atoms with E-state index in [1.807, 2.05) is 0 Å². The topological polar surface area (TPSA) is 47.0 Å². The van der Waals surface area contributed by atoms with Gasteiger partial charge in [-0.1, -0.05) is 24.3 Å². The minimum Gasteiger partial charge on any atom is -0.496 e. The third-order valence-electron chi connectivity index (χ3n) is 2.82. The summed E-state index contributed by atoms with van der Waals surface area (Å²) < 4.78 is 19.1. The lowest BCUT2D eigenvalue weighted by atomic mass is 10.2. The van der Waals surface area contributed by atoms with Crippen LogP contribution in [-0.2, 0) is 6.42 Å². The molecule has 0 aliphatic carbocycles. The quantitative estimate of drug-likeness (QED) is 0.798. The summed E-state index contributed by atoms with van der Waals surface area (Å²) in [5.41, 5.74) is 0.389. The fourth-order valence-corrected chi connectivity index (χ4v) is 2.73. The summed E-state index contributed by atoms with van der Waals surface area (Å²) >= 11 is 1.41. The molecule has 4 nitrogen and oxygen atoms in total. The molecule has 1 heterocycles. The van der Waals surface area contributed by atoms with Crippen molar-refractivity contribution < 1.29 is 9.13 Å². The zero-order chi connectivity index (χ0) is 14.4. The van der Waals surface area contributed by atoms with Gasteiger partial charge in [0.2, 0.25) is 0 Å². The van der Waals surface area contributed by atoms with E-state index in [2.05, 4.69) is 22.4 Å². The van der Waals surface area contributed by atoms with Crippen molar-refractivity contribution in [3.63, 3.8) is 0 Å². The van der Waals surface area contributed by atoms with Gasteiger partial charge in [-0.2, -0.15) is 0 Å². The molecule has 2 aromatic rings. The van der Waals surface area contributed by atoms with Gasteiger partial charge < -0.3 is 10.1 Å². The fraction of sp³-hybridized carbons (Fsp3) is 0.429. The van der Waals surface area contributed by atoms with Crippen molar-refractivity contribution in [2.75, 3.05) is 20.2 Å². The van der Waals surface area contributed by atoms with E-state index in [-0.39, 0.29) is 5.82 Å². The van der Waals surface area contributed by atoms with Crippen molar-refractivity contribution in [1.29, 1.82) is 0 Å². The first-order chi connectivity index (χ1) is 9.76. The maximum absolute atomic E-state index is 13.9. The van der Waals surface area contributed by atoms with Gasteiger partial charge >= 0.3 is 0 Å². The van der Waals surface area contributed by atoms with E-state index in [1.54, 1.807) is 12.1 Å². The third kappa shape index (κ3) is 3.52. The summed E-state index contributed by atoms with van der Waals surface area (Å²) in [4.78, 5) is 0. The highest BCUT2D eigenvalue weighted by molar-refractivity contribution is 7.14. The molecule has 20 heavy (non-hydrogen) atoms. The summed E-state index contributed by atoms with van der Waals surface area (Å²) in [7, 11) is 1.52. The van der Waals surface area contributed by atoms with Crippen molar-refractivity contribution in [1.82, 2.24) is 15.5 Å². The van der Waals surface area contributed by atoms with E-state index in [4.69, 9.17) is 4.74 Å². The fourth-order valence-electron chi connectivity index (χ4n) is 1.83. The number of aromatic nitrogens is 2. The number of nitrogens with zero attached hydrogens (tertiary/aromatic N) is 2. The predicted molar refractivity (Wildman–Crippen MR) is 78.7 cm³/mol. The smallest absolute Gasteiger partial charge is 0.154 e. The van der Waals surface area contributed by atoms with Crippen molar-refractivity contribution >= 4 is 11.3 Å². The Labute approximate surface area is 122 Å². The summed E-state index contributed by atoms with van der Waals surface area (Å²) in [6.07, 6.45) is 1.90. The summed E-state index contributed by atoms with van der Waals surface area (Å²) in [6.45, 7) is 3.98. The SMILES string of the molecule is CCCNCCc1nnc(-c2c(F)cccc2OC)s1. The van der Waals surface area contributed by atoms with Crippen molar-refractivity contribution in [2.24, 2.45) is 0 Å². The Kier molecular flexibility index (Phi) is 5.43. The monoisotopic (exact) mass is 295 g/mol. The Morgan fingerprint density at radius 1 is 1.30 bits per heavy atom. The standard InChI is InChI=1S/C14H18FN3OS/c1-3-8-16-9-7-12-17-18-14(20-12)13-10(15)5-4-6-11(13)19-2/h4-6,16H,3,7-9H2,1-2H3. The van der Waals surface area contributed by atoms with Crippen LogP contribution in [0, 0.1) is 5.82 Å². The van der Waals surface area contributed by atoms with Crippen molar-refractivity contribution in [3.05, 3.63) is 29.0 Å². The minimum absolute atomic E-state index is 0.337. The number of hydrogen-bond acceptors (Lipinski definition) is 5. The Hall–Kier alpha value is -1.53. The second-order valence-corrected chi connectivity index (χ2v) is 5.38. The normalized spacial score (nSPS) is 10.8. The summed E-state index contributed by atoms with van der Waals surface area (Å²) in [5, 5.41) is 13.0. The first-order valence-corrected chi connectivity index (χ1v) is 7.44. The van der Waals surface area contributed by atoms with Crippen LogP contribution in [0.25, 0.3) is 10.6 Å². The number of methoxy groups -OCH3 is 1. The van der Waals surface area contributed by atoms with E-state index in [9.17, 15) is 4.39 Å². The van der Waals surface area contributed by atoms with Crippen LogP contribution in [0.4, 0.5) is 4.39 Å². The summed E-state index contributed by atoms with van der Waals surface area (Å²) in [5.74, 6) is 0.146. The molecule has 2 rings (SSSR count). The van der Waals surface area contributed by atoms with Gasteiger partial charge in [-0.25, -0.2) is 4.39 Å². The van der Waals surface area contributed by atoms with Gasteiger partial charge in [0.1, 0.15) is 16.6 Å². The number of rotatable bonds is 7. The van der Waals surface area contributed by atoms with Crippen LogP contribution in [0.1, 0.15) is 18.4 Å². The Morgan fingerprint density at radius 3 is 2.90 bits per heavy atom. The first kappa shape index (κ1) is 14.9. The molecule has 0 aliphatic rings. The highest BCUT2D eigenvalue weighted by Crippen LogP contribution is 2.34. The number of ether oxygens (including phenoxy) is 1. The number of nitrogens with one attached hydrogen (secondary N) is 1. The average molecular weight is 295 g/mol. The van der Waals surface area contributed by atoms with Gasteiger partial charge in [0.25, 0.3) is 0 Å². The largest absolute Gasteiger partial charge is 0.496 e. The molecule has 1 N–H and O–H groups in total. The van der Waals surface area contributed by atoms with Crippen LogP contribution < -0.4 is 10.1 Å². The minimum atomic E-state index is -0.337. The van der Waals surface area contributed by atoms with Crippen LogP contribution in [0.3, 0.4) is 0 Å². The lowest BCUT2D eigenvalue weighted by Gasteiger charge is -2.05. The van der Waals surface area contributed by atoms with Crippen LogP contribution in [0.2, 0.25) is 0 Å². The van der Waals surface area contributed by atoms with E-state index in [0.717, 1.165) is 30.9 Å². The zero-order valence-electron chi connectivity index (χ0n) is 11.6. The first-order valence-electron chi connectivity index (χ1n) is 6.62. The maximum Gasteiger partial charge on any atom is 0.154 e. The maximum atomic E-state index is 13.9. The lowest BCUT2D eigenvalue weighted by molar-refractivity contribution is 0.413. The third-order valence-corrected chi connectivity index (χ3v) is 3.82. The molecule has 1 aromatic carbocycles. The second-order valence-electron chi connectivity index (χ2n) is 4.32. The van der Waals surface area contributed by atoms with Gasteiger partial charge in [0.05, 0.1) is 12.7 Å². The number of benzene rings is 1. The van der Waals surface area contributed by atoms with Crippen LogP contribution in [0.5, 0.6) is 5.75 Å². The van der Waals surface area contributed by atoms with Crippen molar-refractivity contribution in [2.45, 2.75) is 19.8 Å². The Balaban J connectivity index is 2.12. The van der Waals surface area contributed by atoms with Gasteiger partial charge in [0, 0.05) is 13.0 Å². The Morgan fingerprint density at radius 2 is 2.15 bits per heavy atom. The lowest BCUT2D eigenvalue weighted by Crippen LogP contribution is -2.17. The molecule has 0 bridgehead atoms. The van der Waals surface area contributed by atoms with Gasteiger partial charge in [-0.3, -0.25) is 0 Å². The number of halogens is 1. The number of hydrogen-bond donors (Lipinski definition) is 1. The molecule has 0 spiro atoms. The average Bonchev–Trinajstić information content (AvgIpc) is 2.91. The zero-order valence-corrected chi connectivity index (χ0v) is 12.5. The molecule has 1 aromatic heterocycles. The molecule has 0 amide bonds. The van der Waals surface area contributed by atoms with Crippen LogP contribution in [-0.4, -0.2) is 30.4 Å². The Bertz CT molecular complexity index is 559. The highest BCUT2D eigenvalue weighted by Gasteiger charge is 2.16. The summed E-state index contributed by atoms with van der Waals surface area (Å²) in [6, 6.07) is 4.75. The molecule has 0 unspecified atom stereocenters. The van der Waals surface area contributed by atoms with E-state index < -0.39 is 0 Å². The highest BCUT2D eigenvalue weighted by atomic mass is 32.1. The molecular weight excluding hydrogens is 277 g/mol.